The Kier molecular flexibility index (Phi) is 5.31. The van der Waals surface area contributed by atoms with Gasteiger partial charge in [-0.05, 0) is 81.6 Å². The maximum absolute atomic E-state index is 2.43. The van der Waals surface area contributed by atoms with Gasteiger partial charge in [-0.1, -0.05) is 121 Å². The number of benzene rings is 8. The molecule has 214 valence electrons. The Morgan fingerprint density at radius 2 is 0.696 bits per heavy atom. The van der Waals surface area contributed by atoms with E-state index in [-0.39, 0.29) is 0 Å². The molecule has 2 heteroatoms. The minimum Gasteiger partial charge on any atom is -0.309 e. The lowest BCUT2D eigenvalue weighted by Crippen LogP contribution is -1.94. The lowest BCUT2D eigenvalue weighted by molar-refractivity contribution is 1.18. The standard InChI is InChI=1S/C44H28N2/c1-3-11-29(12-4-1)33-25-27-41-43-37(33)23-24-38-34(26-28-42(44(38)43)46(41)31-13-5-2-6-14-31)30-19-21-32(22-20-30)45-39-17-9-7-15-35(39)36-16-8-10-18-40(36)45/h1-28H. The van der Waals surface area contributed by atoms with Crippen molar-refractivity contribution in [2.45, 2.75) is 0 Å². The van der Waals surface area contributed by atoms with Gasteiger partial charge in [0.25, 0.3) is 0 Å². The maximum atomic E-state index is 2.43. The van der Waals surface area contributed by atoms with E-state index >= 15 is 0 Å². The van der Waals surface area contributed by atoms with Crippen LogP contribution in [-0.2, 0) is 0 Å². The van der Waals surface area contributed by atoms with E-state index in [2.05, 4.69) is 179 Å². The van der Waals surface area contributed by atoms with Crippen molar-refractivity contribution < 1.29 is 0 Å². The molecule has 0 aliphatic carbocycles. The Morgan fingerprint density at radius 1 is 0.261 bits per heavy atom. The average molecular weight is 585 g/mol. The first kappa shape index (κ1) is 25.2. The highest BCUT2D eigenvalue weighted by molar-refractivity contribution is 6.28. The highest BCUT2D eigenvalue weighted by Gasteiger charge is 2.21. The molecule has 10 rings (SSSR count). The average Bonchev–Trinajstić information content (AvgIpc) is 3.65. The predicted molar refractivity (Wildman–Crippen MR) is 195 cm³/mol. The van der Waals surface area contributed by atoms with E-state index in [1.807, 2.05) is 0 Å². The molecule has 2 heterocycles. The molecule has 0 bridgehead atoms. The number of para-hydroxylation sites is 3. The third-order valence-corrected chi connectivity index (χ3v) is 9.71. The Labute approximate surface area is 266 Å². The third-order valence-electron chi connectivity index (χ3n) is 9.71. The fraction of sp³-hybridized carbons (Fsp3) is 0. The van der Waals surface area contributed by atoms with Crippen molar-refractivity contribution in [2.75, 3.05) is 0 Å². The van der Waals surface area contributed by atoms with Gasteiger partial charge in [0.15, 0.2) is 0 Å². The highest BCUT2D eigenvalue weighted by atomic mass is 15.0. The van der Waals surface area contributed by atoms with Crippen LogP contribution in [0.15, 0.2) is 170 Å². The maximum Gasteiger partial charge on any atom is 0.0547 e. The lowest BCUT2D eigenvalue weighted by Gasteiger charge is -2.13. The molecule has 0 fully saturated rings. The molecule has 0 aliphatic rings. The van der Waals surface area contributed by atoms with Crippen molar-refractivity contribution in [1.29, 1.82) is 0 Å². The molecule has 2 aromatic heterocycles. The summed E-state index contributed by atoms with van der Waals surface area (Å²) in [6, 6.07) is 61.8. The SMILES string of the molecule is c1ccc(-c2ccc3c4c2ccc2c(-c5ccc(-n6c7ccccc7c7ccccc76)cc5)ccc(c24)n3-c2ccccc2)cc1. The van der Waals surface area contributed by atoms with Gasteiger partial charge in [0.1, 0.15) is 0 Å². The van der Waals surface area contributed by atoms with E-state index in [0.29, 0.717) is 0 Å². The van der Waals surface area contributed by atoms with E-state index in [1.54, 1.807) is 0 Å². The van der Waals surface area contributed by atoms with Crippen LogP contribution in [0.5, 0.6) is 0 Å². The molecular weight excluding hydrogens is 556 g/mol. The Morgan fingerprint density at radius 3 is 1.26 bits per heavy atom. The summed E-state index contributed by atoms with van der Waals surface area (Å²) in [5, 5.41) is 7.76. The summed E-state index contributed by atoms with van der Waals surface area (Å²) in [4.78, 5) is 0. The van der Waals surface area contributed by atoms with Crippen LogP contribution >= 0.6 is 0 Å². The number of hydrogen-bond donors (Lipinski definition) is 0. The molecule has 0 atom stereocenters. The van der Waals surface area contributed by atoms with Gasteiger partial charge in [-0.15, -0.1) is 0 Å². The molecule has 2 nitrogen and oxygen atoms in total. The summed E-state index contributed by atoms with van der Waals surface area (Å²) in [6.07, 6.45) is 0. The van der Waals surface area contributed by atoms with E-state index in [9.17, 15) is 0 Å². The van der Waals surface area contributed by atoms with Gasteiger partial charge in [0.05, 0.1) is 22.1 Å². The second kappa shape index (κ2) is 9.69. The second-order valence-corrected chi connectivity index (χ2v) is 12.1. The fourth-order valence-electron chi connectivity index (χ4n) is 7.72. The largest absolute Gasteiger partial charge is 0.309 e. The van der Waals surface area contributed by atoms with E-state index in [1.165, 1.54) is 88.0 Å². The van der Waals surface area contributed by atoms with Crippen LogP contribution in [0.3, 0.4) is 0 Å². The molecule has 10 aromatic rings. The van der Waals surface area contributed by atoms with Crippen LogP contribution in [0.25, 0.3) is 88.0 Å². The van der Waals surface area contributed by atoms with Crippen molar-refractivity contribution in [3.05, 3.63) is 170 Å². The molecule has 46 heavy (non-hydrogen) atoms. The first-order valence-electron chi connectivity index (χ1n) is 15.9. The Balaban J connectivity index is 1.20. The van der Waals surface area contributed by atoms with Crippen LogP contribution in [0.2, 0.25) is 0 Å². The van der Waals surface area contributed by atoms with Crippen LogP contribution in [0, 0.1) is 0 Å². The lowest BCUT2D eigenvalue weighted by atomic mass is 9.91. The number of nitrogens with zero attached hydrogens (tertiary/aromatic N) is 2. The van der Waals surface area contributed by atoms with Crippen molar-refractivity contribution >= 4 is 54.4 Å². The number of fused-ring (bicyclic) bond motifs is 3. The second-order valence-electron chi connectivity index (χ2n) is 12.1. The summed E-state index contributed by atoms with van der Waals surface area (Å²) < 4.78 is 4.81. The molecular formula is C44H28N2. The van der Waals surface area contributed by atoms with Gasteiger partial charge in [-0.2, -0.15) is 0 Å². The zero-order chi connectivity index (χ0) is 30.2. The Hall–Kier alpha value is -6.12. The van der Waals surface area contributed by atoms with Gasteiger partial charge >= 0.3 is 0 Å². The summed E-state index contributed by atoms with van der Waals surface area (Å²) in [6.45, 7) is 0. The molecule has 0 saturated carbocycles. The van der Waals surface area contributed by atoms with Crippen molar-refractivity contribution in [1.82, 2.24) is 9.13 Å². The number of rotatable bonds is 4. The van der Waals surface area contributed by atoms with Crippen molar-refractivity contribution in [3.63, 3.8) is 0 Å². The first-order chi connectivity index (χ1) is 22.8. The van der Waals surface area contributed by atoms with Gasteiger partial charge in [0.2, 0.25) is 0 Å². The summed E-state index contributed by atoms with van der Waals surface area (Å²) >= 11 is 0. The quantitative estimate of drug-likeness (QED) is 0.182. The molecule has 0 saturated heterocycles. The fourth-order valence-corrected chi connectivity index (χ4v) is 7.72. The predicted octanol–water partition coefficient (Wildman–Crippen LogP) is 11.8. The zero-order valence-electron chi connectivity index (χ0n) is 25.1. The van der Waals surface area contributed by atoms with Gasteiger partial charge in [0, 0.05) is 32.9 Å². The van der Waals surface area contributed by atoms with Gasteiger partial charge in [-0.25, -0.2) is 0 Å². The first-order valence-corrected chi connectivity index (χ1v) is 15.9. The molecule has 0 N–H and O–H groups in total. The molecule has 0 unspecified atom stereocenters. The molecule has 8 aromatic carbocycles. The molecule has 0 radical (unpaired) electrons. The highest BCUT2D eigenvalue weighted by Crippen LogP contribution is 2.45. The summed E-state index contributed by atoms with van der Waals surface area (Å²) in [5.74, 6) is 0. The zero-order valence-corrected chi connectivity index (χ0v) is 25.1. The smallest absolute Gasteiger partial charge is 0.0547 e. The number of aromatic nitrogens is 2. The van der Waals surface area contributed by atoms with Gasteiger partial charge in [-0.3, -0.25) is 0 Å². The number of hydrogen-bond acceptors (Lipinski definition) is 0. The van der Waals surface area contributed by atoms with Crippen LogP contribution < -0.4 is 0 Å². The minimum absolute atomic E-state index is 1.17. The van der Waals surface area contributed by atoms with Crippen LogP contribution in [0.4, 0.5) is 0 Å². The monoisotopic (exact) mass is 584 g/mol. The topological polar surface area (TPSA) is 9.86 Å². The third kappa shape index (κ3) is 3.53. The molecule has 0 amide bonds. The summed E-state index contributed by atoms with van der Waals surface area (Å²) in [7, 11) is 0. The Bertz CT molecular complexity index is 2660. The summed E-state index contributed by atoms with van der Waals surface area (Å²) in [5.41, 5.74) is 12.2. The van der Waals surface area contributed by atoms with Crippen molar-refractivity contribution in [3.8, 4) is 33.6 Å². The van der Waals surface area contributed by atoms with Crippen LogP contribution in [0.1, 0.15) is 0 Å². The van der Waals surface area contributed by atoms with Gasteiger partial charge < -0.3 is 9.13 Å². The normalized spacial score (nSPS) is 11.9. The van der Waals surface area contributed by atoms with E-state index < -0.39 is 0 Å². The van der Waals surface area contributed by atoms with Crippen molar-refractivity contribution in [2.24, 2.45) is 0 Å². The minimum atomic E-state index is 1.17. The van der Waals surface area contributed by atoms with E-state index in [0.717, 1.165) is 0 Å². The molecule has 0 aliphatic heterocycles. The van der Waals surface area contributed by atoms with E-state index in [4.69, 9.17) is 0 Å². The molecule has 0 spiro atoms. The van der Waals surface area contributed by atoms with Crippen LogP contribution in [-0.4, -0.2) is 9.13 Å².